The van der Waals surface area contributed by atoms with Crippen LogP contribution in [0.5, 0.6) is 0 Å². The third-order valence-electron chi connectivity index (χ3n) is 1.58. The Labute approximate surface area is 58.3 Å². The molecular formula is C7H10OS. The van der Waals surface area contributed by atoms with Gasteiger partial charge in [0.2, 0.25) is 0 Å². The van der Waals surface area contributed by atoms with Gasteiger partial charge in [-0.2, -0.15) is 0 Å². The minimum Gasteiger partial charge on any atom is -0.260 e. The molecule has 0 radical (unpaired) electrons. The Balaban J connectivity index is 2.32. The molecule has 2 heteroatoms. The second-order valence-corrected chi connectivity index (χ2v) is 3.99. The van der Waals surface area contributed by atoms with Gasteiger partial charge >= 0.3 is 0 Å². The topological polar surface area (TPSA) is 17.1 Å². The lowest BCUT2D eigenvalue weighted by atomic mass is 10.1. The molecule has 0 bridgehead atoms. The SMILES string of the molecule is C#CCC1CCS(=O)C1. The number of terminal acetylenes is 1. The summed E-state index contributed by atoms with van der Waals surface area (Å²) in [6.07, 6.45) is 6.98. The number of hydrogen-bond acceptors (Lipinski definition) is 1. The lowest BCUT2D eigenvalue weighted by Gasteiger charge is -1.97. The van der Waals surface area contributed by atoms with E-state index < -0.39 is 10.8 Å². The van der Waals surface area contributed by atoms with Crippen LogP contribution in [0.3, 0.4) is 0 Å². The standard InChI is InChI=1S/C7H10OS/c1-2-3-7-4-5-9(8)6-7/h1,7H,3-6H2. The number of hydrogen-bond donors (Lipinski definition) is 0. The van der Waals surface area contributed by atoms with Crippen molar-refractivity contribution < 1.29 is 4.21 Å². The van der Waals surface area contributed by atoms with Crippen molar-refractivity contribution in [2.75, 3.05) is 11.5 Å². The molecule has 1 nitrogen and oxygen atoms in total. The van der Waals surface area contributed by atoms with Crippen molar-refractivity contribution in [1.82, 2.24) is 0 Å². The van der Waals surface area contributed by atoms with Crippen LogP contribution in [0.15, 0.2) is 0 Å². The van der Waals surface area contributed by atoms with Gasteiger partial charge in [0.1, 0.15) is 0 Å². The Kier molecular flexibility index (Phi) is 2.29. The zero-order valence-electron chi connectivity index (χ0n) is 5.30. The van der Waals surface area contributed by atoms with Crippen LogP contribution >= 0.6 is 0 Å². The molecule has 2 unspecified atom stereocenters. The van der Waals surface area contributed by atoms with E-state index in [0.29, 0.717) is 5.92 Å². The van der Waals surface area contributed by atoms with Crippen molar-refractivity contribution in [3.05, 3.63) is 0 Å². The van der Waals surface area contributed by atoms with E-state index in [4.69, 9.17) is 6.42 Å². The maximum absolute atomic E-state index is 10.8. The van der Waals surface area contributed by atoms with E-state index in [0.717, 1.165) is 24.3 Å². The molecule has 0 aliphatic carbocycles. The van der Waals surface area contributed by atoms with Gasteiger partial charge in [-0.05, 0) is 12.3 Å². The van der Waals surface area contributed by atoms with E-state index in [1.165, 1.54) is 0 Å². The Morgan fingerprint density at radius 3 is 3.00 bits per heavy atom. The summed E-state index contributed by atoms with van der Waals surface area (Å²) in [6.45, 7) is 0. The Bertz CT molecular complexity index is 157. The molecule has 0 spiro atoms. The van der Waals surface area contributed by atoms with E-state index in [-0.39, 0.29) is 0 Å². The van der Waals surface area contributed by atoms with Crippen LogP contribution in [-0.4, -0.2) is 15.7 Å². The molecule has 1 rings (SSSR count). The Hall–Kier alpha value is -0.290. The first kappa shape index (κ1) is 6.82. The summed E-state index contributed by atoms with van der Waals surface area (Å²) in [5.74, 6) is 4.85. The van der Waals surface area contributed by atoms with E-state index >= 15 is 0 Å². The molecule has 0 aromatic carbocycles. The second-order valence-electron chi connectivity index (χ2n) is 2.37. The molecule has 0 aromatic heterocycles. The van der Waals surface area contributed by atoms with Crippen molar-refractivity contribution >= 4 is 10.8 Å². The highest BCUT2D eigenvalue weighted by atomic mass is 32.2. The first-order valence-corrected chi connectivity index (χ1v) is 4.60. The predicted molar refractivity (Wildman–Crippen MR) is 39.4 cm³/mol. The zero-order valence-corrected chi connectivity index (χ0v) is 6.12. The third-order valence-corrected chi connectivity index (χ3v) is 3.12. The number of rotatable bonds is 1. The Morgan fingerprint density at radius 1 is 1.78 bits per heavy atom. The van der Waals surface area contributed by atoms with Crippen molar-refractivity contribution in [2.24, 2.45) is 5.92 Å². The Morgan fingerprint density at radius 2 is 2.56 bits per heavy atom. The van der Waals surface area contributed by atoms with E-state index in [2.05, 4.69) is 5.92 Å². The van der Waals surface area contributed by atoms with Crippen LogP contribution in [0, 0.1) is 18.3 Å². The van der Waals surface area contributed by atoms with Crippen LogP contribution < -0.4 is 0 Å². The molecule has 1 heterocycles. The van der Waals surface area contributed by atoms with Gasteiger partial charge in [0.15, 0.2) is 0 Å². The summed E-state index contributed by atoms with van der Waals surface area (Å²) in [5.41, 5.74) is 0. The van der Waals surface area contributed by atoms with Crippen LogP contribution in [0.25, 0.3) is 0 Å². The minimum absolute atomic E-state index is 0.550. The molecule has 1 saturated heterocycles. The van der Waals surface area contributed by atoms with Gasteiger partial charge in [-0.25, -0.2) is 0 Å². The molecule has 0 amide bonds. The van der Waals surface area contributed by atoms with E-state index in [1.807, 2.05) is 0 Å². The largest absolute Gasteiger partial charge is 0.260 e. The smallest absolute Gasteiger partial charge is 0.0272 e. The molecule has 1 fully saturated rings. The fourth-order valence-corrected chi connectivity index (χ4v) is 2.63. The van der Waals surface area contributed by atoms with Gasteiger partial charge in [0, 0.05) is 28.7 Å². The molecular weight excluding hydrogens is 132 g/mol. The maximum Gasteiger partial charge on any atom is 0.0272 e. The van der Waals surface area contributed by atoms with E-state index in [1.54, 1.807) is 0 Å². The summed E-state index contributed by atoms with van der Waals surface area (Å²) >= 11 is 0. The minimum atomic E-state index is -0.550. The maximum atomic E-state index is 10.8. The molecule has 0 aromatic rings. The third kappa shape index (κ3) is 1.83. The molecule has 9 heavy (non-hydrogen) atoms. The van der Waals surface area contributed by atoms with E-state index in [9.17, 15) is 4.21 Å². The molecule has 0 saturated carbocycles. The van der Waals surface area contributed by atoms with Gasteiger partial charge in [0.25, 0.3) is 0 Å². The van der Waals surface area contributed by atoms with Gasteiger partial charge in [0.05, 0.1) is 0 Å². The van der Waals surface area contributed by atoms with Crippen LogP contribution in [0.4, 0.5) is 0 Å². The molecule has 1 aliphatic rings. The van der Waals surface area contributed by atoms with Gasteiger partial charge in [-0.15, -0.1) is 12.3 Å². The highest BCUT2D eigenvalue weighted by molar-refractivity contribution is 7.85. The normalized spacial score (nSPS) is 34.1. The molecule has 50 valence electrons. The molecule has 0 N–H and O–H groups in total. The molecule has 2 atom stereocenters. The van der Waals surface area contributed by atoms with Crippen molar-refractivity contribution in [3.63, 3.8) is 0 Å². The summed E-state index contributed by atoms with van der Waals surface area (Å²) in [5, 5.41) is 0. The van der Waals surface area contributed by atoms with Crippen LogP contribution in [-0.2, 0) is 10.8 Å². The summed E-state index contributed by atoms with van der Waals surface area (Å²) in [6, 6.07) is 0. The summed E-state index contributed by atoms with van der Waals surface area (Å²) in [7, 11) is -0.550. The average Bonchev–Trinajstić information content (AvgIpc) is 2.17. The van der Waals surface area contributed by atoms with Crippen molar-refractivity contribution in [2.45, 2.75) is 12.8 Å². The summed E-state index contributed by atoms with van der Waals surface area (Å²) in [4.78, 5) is 0. The van der Waals surface area contributed by atoms with Crippen molar-refractivity contribution in [3.8, 4) is 12.3 Å². The predicted octanol–water partition coefficient (Wildman–Crippen LogP) is 0.778. The molecule has 1 aliphatic heterocycles. The monoisotopic (exact) mass is 142 g/mol. The fraction of sp³-hybridized carbons (Fsp3) is 0.714. The highest BCUT2D eigenvalue weighted by Crippen LogP contribution is 2.17. The van der Waals surface area contributed by atoms with Crippen LogP contribution in [0.1, 0.15) is 12.8 Å². The van der Waals surface area contributed by atoms with Gasteiger partial charge < -0.3 is 0 Å². The van der Waals surface area contributed by atoms with Gasteiger partial charge in [-0.3, -0.25) is 4.21 Å². The first-order valence-electron chi connectivity index (χ1n) is 3.11. The lowest BCUT2D eigenvalue weighted by Crippen LogP contribution is -1.97. The highest BCUT2D eigenvalue weighted by Gasteiger charge is 2.19. The first-order chi connectivity index (χ1) is 4.33. The van der Waals surface area contributed by atoms with Crippen LogP contribution in [0.2, 0.25) is 0 Å². The average molecular weight is 142 g/mol. The fourth-order valence-electron chi connectivity index (χ4n) is 1.06. The van der Waals surface area contributed by atoms with Crippen molar-refractivity contribution in [1.29, 1.82) is 0 Å². The second kappa shape index (κ2) is 3.03. The zero-order chi connectivity index (χ0) is 6.69. The quantitative estimate of drug-likeness (QED) is 0.494. The summed E-state index contributed by atoms with van der Waals surface area (Å²) < 4.78 is 10.8. The lowest BCUT2D eigenvalue weighted by molar-refractivity contribution is 0.617. The van der Waals surface area contributed by atoms with Gasteiger partial charge in [-0.1, -0.05) is 0 Å².